The maximum atomic E-state index is 12.3. The first-order valence-corrected chi connectivity index (χ1v) is 9.44. The Bertz CT molecular complexity index is 911. The maximum absolute atomic E-state index is 12.3. The van der Waals surface area contributed by atoms with Crippen molar-refractivity contribution in [2.24, 2.45) is 0 Å². The monoisotopic (exact) mass is 371 g/mol. The van der Waals surface area contributed by atoms with Gasteiger partial charge in [0.2, 0.25) is 10.0 Å². The second-order valence-corrected chi connectivity index (χ2v) is 8.71. The highest BCUT2D eigenvalue weighted by atomic mass is 35.5. The van der Waals surface area contributed by atoms with Crippen LogP contribution in [0.3, 0.4) is 0 Å². The lowest BCUT2D eigenvalue weighted by molar-refractivity contribution is 0.583. The van der Waals surface area contributed by atoms with Crippen molar-refractivity contribution in [3.8, 4) is 0 Å². The summed E-state index contributed by atoms with van der Waals surface area (Å²) in [6, 6.07) is 15.0. The number of nitrogens with one attached hydrogen (secondary N) is 1. The zero-order chi connectivity index (χ0) is 15.7. The molecule has 0 saturated carbocycles. The van der Waals surface area contributed by atoms with Gasteiger partial charge in [0.05, 0.1) is 5.02 Å². The van der Waals surface area contributed by atoms with E-state index in [0.29, 0.717) is 0 Å². The van der Waals surface area contributed by atoms with Crippen LogP contribution in [0.4, 0.5) is 0 Å². The van der Waals surface area contributed by atoms with Crippen molar-refractivity contribution in [3.05, 3.63) is 63.5 Å². The summed E-state index contributed by atoms with van der Waals surface area (Å²) in [5, 5.41) is 2.34. The lowest BCUT2D eigenvalue weighted by Crippen LogP contribution is -2.22. The number of rotatable bonds is 4. The van der Waals surface area contributed by atoms with E-state index in [-0.39, 0.29) is 20.1 Å². The predicted molar refractivity (Wildman–Crippen MR) is 92.3 cm³/mol. The van der Waals surface area contributed by atoms with Crippen molar-refractivity contribution in [2.45, 2.75) is 10.8 Å². The molecule has 2 aromatic carbocycles. The molecule has 0 spiro atoms. The van der Waals surface area contributed by atoms with Crippen molar-refractivity contribution in [1.82, 2.24) is 4.72 Å². The zero-order valence-corrected chi connectivity index (χ0v) is 14.4. The summed E-state index contributed by atoms with van der Waals surface area (Å²) in [5.41, 5.74) is 0.912. The SMILES string of the molecule is O=S(=O)(NCc1cccc2ccccc12)c1cc(Cl)c(Cl)s1. The smallest absolute Gasteiger partial charge is 0.206 e. The quantitative estimate of drug-likeness (QED) is 0.722. The number of hydrogen-bond donors (Lipinski definition) is 1. The molecule has 0 unspecified atom stereocenters. The van der Waals surface area contributed by atoms with Crippen LogP contribution in [-0.4, -0.2) is 8.42 Å². The fraction of sp³-hybridized carbons (Fsp3) is 0.0667. The summed E-state index contributed by atoms with van der Waals surface area (Å²) in [6.07, 6.45) is 0. The Labute approximate surface area is 142 Å². The van der Waals surface area contributed by atoms with Gasteiger partial charge in [0.25, 0.3) is 0 Å². The molecule has 0 radical (unpaired) electrons. The summed E-state index contributed by atoms with van der Waals surface area (Å²) in [7, 11) is -3.63. The van der Waals surface area contributed by atoms with E-state index in [4.69, 9.17) is 23.2 Å². The van der Waals surface area contributed by atoms with Gasteiger partial charge in [-0.3, -0.25) is 0 Å². The van der Waals surface area contributed by atoms with Crippen LogP contribution in [0.2, 0.25) is 9.36 Å². The summed E-state index contributed by atoms with van der Waals surface area (Å²) in [6.45, 7) is 0.205. The molecule has 3 nitrogen and oxygen atoms in total. The van der Waals surface area contributed by atoms with Crippen LogP contribution in [0.5, 0.6) is 0 Å². The maximum Gasteiger partial charge on any atom is 0.250 e. The predicted octanol–water partition coefficient (Wildman–Crippen LogP) is 4.69. The first-order valence-electron chi connectivity index (χ1n) is 6.38. The highest BCUT2D eigenvalue weighted by Gasteiger charge is 2.19. The molecule has 1 N–H and O–H groups in total. The molecule has 0 saturated heterocycles. The largest absolute Gasteiger partial charge is 0.250 e. The Morgan fingerprint density at radius 2 is 1.77 bits per heavy atom. The number of benzene rings is 2. The molecule has 3 rings (SSSR count). The summed E-state index contributed by atoms with van der Waals surface area (Å²) in [4.78, 5) is 0. The molecular formula is C15H11Cl2NO2S2. The Kier molecular flexibility index (Phi) is 4.43. The zero-order valence-electron chi connectivity index (χ0n) is 11.2. The van der Waals surface area contributed by atoms with Gasteiger partial charge in [-0.2, -0.15) is 0 Å². The van der Waals surface area contributed by atoms with Crippen LogP contribution >= 0.6 is 34.5 Å². The third-order valence-corrected chi connectivity index (χ3v) is 6.96. The normalized spacial score (nSPS) is 11.9. The van der Waals surface area contributed by atoms with Crippen LogP contribution in [0.25, 0.3) is 10.8 Å². The van der Waals surface area contributed by atoms with Gasteiger partial charge >= 0.3 is 0 Å². The highest BCUT2D eigenvalue weighted by molar-refractivity contribution is 7.91. The van der Waals surface area contributed by atoms with Gasteiger partial charge < -0.3 is 0 Å². The molecule has 0 bridgehead atoms. The molecule has 1 heterocycles. The van der Waals surface area contributed by atoms with Crippen molar-refractivity contribution in [1.29, 1.82) is 0 Å². The average Bonchev–Trinajstić information content (AvgIpc) is 2.85. The van der Waals surface area contributed by atoms with Crippen molar-refractivity contribution in [3.63, 3.8) is 0 Å². The van der Waals surface area contributed by atoms with Gasteiger partial charge in [0.1, 0.15) is 8.55 Å². The van der Waals surface area contributed by atoms with Crippen LogP contribution < -0.4 is 4.72 Å². The molecule has 0 aliphatic carbocycles. The first-order chi connectivity index (χ1) is 10.5. The molecule has 0 aliphatic rings. The molecule has 0 aliphatic heterocycles. The molecule has 7 heteroatoms. The Morgan fingerprint density at radius 3 is 2.50 bits per heavy atom. The summed E-state index contributed by atoms with van der Waals surface area (Å²) < 4.78 is 27.6. The van der Waals surface area contributed by atoms with E-state index in [1.165, 1.54) is 6.07 Å². The van der Waals surface area contributed by atoms with E-state index < -0.39 is 10.0 Å². The summed E-state index contributed by atoms with van der Waals surface area (Å²) >= 11 is 12.6. The lowest BCUT2D eigenvalue weighted by atomic mass is 10.1. The second kappa shape index (κ2) is 6.18. The van der Waals surface area contributed by atoms with Gasteiger partial charge in [-0.25, -0.2) is 13.1 Å². The van der Waals surface area contributed by atoms with Gasteiger partial charge in [-0.1, -0.05) is 65.7 Å². The molecule has 0 fully saturated rings. The highest BCUT2D eigenvalue weighted by Crippen LogP contribution is 2.34. The molecule has 114 valence electrons. The Morgan fingerprint density at radius 1 is 1.05 bits per heavy atom. The number of sulfonamides is 1. The second-order valence-electron chi connectivity index (χ2n) is 4.65. The van der Waals surface area contributed by atoms with E-state index >= 15 is 0 Å². The van der Waals surface area contributed by atoms with Crippen LogP contribution in [0.1, 0.15) is 5.56 Å². The number of thiophene rings is 1. The third kappa shape index (κ3) is 3.14. The molecule has 3 aromatic rings. The fourth-order valence-corrected chi connectivity index (χ4v) is 5.08. The molecule has 1 aromatic heterocycles. The van der Waals surface area contributed by atoms with Gasteiger partial charge in [0.15, 0.2) is 0 Å². The number of halogens is 2. The average molecular weight is 372 g/mol. The fourth-order valence-electron chi connectivity index (χ4n) is 2.15. The van der Waals surface area contributed by atoms with E-state index in [0.717, 1.165) is 27.7 Å². The van der Waals surface area contributed by atoms with Crippen molar-refractivity contribution in [2.75, 3.05) is 0 Å². The van der Waals surface area contributed by atoms with E-state index in [1.54, 1.807) is 0 Å². The lowest BCUT2D eigenvalue weighted by Gasteiger charge is -2.08. The number of fused-ring (bicyclic) bond motifs is 1. The standard InChI is InChI=1S/C15H11Cl2NO2S2/c16-13-8-14(21-15(13)17)22(19,20)18-9-11-6-3-5-10-4-1-2-7-12(10)11/h1-8,18H,9H2. The van der Waals surface area contributed by atoms with Crippen LogP contribution in [0, 0.1) is 0 Å². The van der Waals surface area contributed by atoms with E-state index in [1.807, 2.05) is 42.5 Å². The number of hydrogen-bond acceptors (Lipinski definition) is 3. The van der Waals surface area contributed by atoms with Crippen molar-refractivity contribution >= 4 is 55.3 Å². The molecular weight excluding hydrogens is 361 g/mol. The third-order valence-electron chi connectivity index (χ3n) is 3.22. The van der Waals surface area contributed by atoms with Crippen molar-refractivity contribution < 1.29 is 8.42 Å². The van der Waals surface area contributed by atoms with Crippen LogP contribution in [-0.2, 0) is 16.6 Å². The minimum absolute atomic E-state index is 0.114. The van der Waals surface area contributed by atoms with Gasteiger partial charge in [-0.15, -0.1) is 11.3 Å². The Hall–Kier alpha value is -1.11. The topological polar surface area (TPSA) is 46.2 Å². The van der Waals surface area contributed by atoms with E-state index in [9.17, 15) is 8.42 Å². The molecule has 0 atom stereocenters. The Balaban J connectivity index is 1.87. The summed E-state index contributed by atoms with van der Waals surface area (Å²) in [5.74, 6) is 0. The first kappa shape index (κ1) is 15.8. The van der Waals surface area contributed by atoms with Gasteiger partial charge in [0, 0.05) is 6.54 Å². The molecule has 0 amide bonds. The van der Waals surface area contributed by atoms with Crippen LogP contribution in [0.15, 0.2) is 52.7 Å². The minimum atomic E-state index is -3.63. The van der Waals surface area contributed by atoms with Gasteiger partial charge in [-0.05, 0) is 22.4 Å². The van der Waals surface area contributed by atoms with E-state index in [2.05, 4.69) is 4.72 Å². The molecule has 22 heavy (non-hydrogen) atoms. The minimum Gasteiger partial charge on any atom is -0.206 e.